The van der Waals surface area contributed by atoms with E-state index in [1.165, 1.54) is 0 Å². The molecule has 0 saturated heterocycles. The van der Waals surface area contributed by atoms with Crippen LogP contribution in [0.3, 0.4) is 0 Å². The molecule has 0 amide bonds. The van der Waals surface area contributed by atoms with Crippen LogP contribution in [0, 0.1) is 12.8 Å². The van der Waals surface area contributed by atoms with Crippen LogP contribution in [-0.2, 0) is 17.9 Å². The minimum atomic E-state index is -0.771. The van der Waals surface area contributed by atoms with Crippen molar-refractivity contribution in [1.82, 2.24) is 14.3 Å². The second-order valence-electron chi connectivity index (χ2n) is 7.02. The smallest absolute Gasteiger partial charge is 0.307 e. The number of ether oxygens (including phenoxy) is 1. The number of aromatic nitrogens is 2. The van der Waals surface area contributed by atoms with Crippen LogP contribution in [0.25, 0.3) is 5.65 Å². The van der Waals surface area contributed by atoms with Crippen molar-refractivity contribution in [3.05, 3.63) is 65.6 Å². The molecule has 1 N–H and O–H groups in total. The van der Waals surface area contributed by atoms with E-state index in [1.807, 2.05) is 72.1 Å². The van der Waals surface area contributed by atoms with Crippen molar-refractivity contribution in [3.8, 4) is 5.75 Å². The second kappa shape index (κ2) is 8.22. The molecule has 1 unspecified atom stereocenters. The number of aryl methyl sites for hydroxylation is 1. The lowest BCUT2D eigenvalue weighted by Crippen LogP contribution is -2.28. The summed E-state index contributed by atoms with van der Waals surface area (Å²) in [5.74, 6) is -0.367. The largest absolute Gasteiger partial charge is 0.487 e. The summed E-state index contributed by atoms with van der Waals surface area (Å²) in [4.78, 5) is 17.6. The van der Waals surface area contributed by atoms with Crippen molar-refractivity contribution in [2.45, 2.75) is 27.0 Å². The summed E-state index contributed by atoms with van der Waals surface area (Å²) in [5, 5.41) is 9.00. The molecule has 0 saturated carbocycles. The van der Waals surface area contributed by atoms with Crippen molar-refractivity contribution in [2.75, 3.05) is 13.6 Å². The van der Waals surface area contributed by atoms with Gasteiger partial charge in [0.05, 0.1) is 11.6 Å². The Hall–Kier alpha value is -2.86. The molecule has 3 rings (SSSR count). The predicted molar refractivity (Wildman–Crippen MR) is 104 cm³/mol. The van der Waals surface area contributed by atoms with Crippen molar-refractivity contribution in [3.63, 3.8) is 0 Å². The number of benzene rings is 1. The zero-order valence-electron chi connectivity index (χ0n) is 15.9. The number of carboxylic acid groups (broad SMARTS) is 1. The molecule has 0 aliphatic rings. The number of carbonyl (C=O) groups is 1. The van der Waals surface area contributed by atoms with Gasteiger partial charge >= 0.3 is 5.97 Å². The molecule has 0 radical (unpaired) electrons. The number of nitrogens with zero attached hydrogens (tertiary/aromatic N) is 3. The van der Waals surface area contributed by atoms with Gasteiger partial charge in [-0.15, -0.1) is 0 Å². The Balaban J connectivity index is 1.55. The highest BCUT2D eigenvalue weighted by Crippen LogP contribution is 2.16. The van der Waals surface area contributed by atoms with Crippen molar-refractivity contribution in [2.24, 2.45) is 5.92 Å². The normalized spacial score (nSPS) is 12.4. The Labute approximate surface area is 159 Å². The van der Waals surface area contributed by atoms with Crippen molar-refractivity contribution in [1.29, 1.82) is 0 Å². The van der Waals surface area contributed by atoms with Crippen LogP contribution in [0.2, 0.25) is 0 Å². The molecule has 2 aromatic heterocycles. The van der Waals surface area contributed by atoms with Crippen LogP contribution in [-0.4, -0.2) is 39.0 Å². The predicted octanol–water partition coefficient (Wildman–Crippen LogP) is 3.37. The Morgan fingerprint density at radius 1 is 1.30 bits per heavy atom. The maximum Gasteiger partial charge on any atom is 0.307 e. The minimum absolute atomic E-state index is 0.383. The molecule has 0 bridgehead atoms. The van der Waals surface area contributed by atoms with Gasteiger partial charge in [0.25, 0.3) is 0 Å². The van der Waals surface area contributed by atoms with Gasteiger partial charge in [0.2, 0.25) is 0 Å². The summed E-state index contributed by atoms with van der Waals surface area (Å²) < 4.78 is 7.86. The third-order valence-corrected chi connectivity index (χ3v) is 4.50. The molecule has 3 aromatic rings. The van der Waals surface area contributed by atoms with Crippen LogP contribution in [0.1, 0.15) is 23.7 Å². The van der Waals surface area contributed by atoms with Crippen LogP contribution in [0.4, 0.5) is 0 Å². The summed E-state index contributed by atoms with van der Waals surface area (Å²) in [5.41, 5.74) is 4.08. The highest BCUT2D eigenvalue weighted by molar-refractivity contribution is 5.69. The molecule has 6 nitrogen and oxygen atoms in total. The molecule has 0 aliphatic heterocycles. The van der Waals surface area contributed by atoms with E-state index in [2.05, 4.69) is 4.98 Å². The zero-order chi connectivity index (χ0) is 19.4. The van der Waals surface area contributed by atoms with Gasteiger partial charge in [-0.2, -0.15) is 0 Å². The quantitative estimate of drug-likeness (QED) is 0.661. The third kappa shape index (κ3) is 4.86. The Kier molecular flexibility index (Phi) is 5.76. The van der Waals surface area contributed by atoms with E-state index >= 15 is 0 Å². The molecule has 142 valence electrons. The van der Waals surface area contributed by atoms with Crippen molar-refractivity contribution < 1.29 is 14.6 Å². The lowest BCUT2D eigenvalue weighted by molar-refractivity contribution is -0.141. The topological polar surface area (TPSA) is 67.1 Å². The first-order valence-corrected chi connectivity index (χ1v) is 8.98. The Morgan fingerprint density at radius 2 is 2.04 bits per heavy atom. The number of imidazole rings is 1. The van der Waals surface area contributed by atoms with Gasteiger partial charge in [-0.3, -0.25) is 4.79 Å². The fraction of sp³-hybridized carbons (Fsp3) is 0.333. The van der Waals surface area contributed by atoms with Crippen LogP contribution in [0.5, 0.6) is 5.75 Å². The summed E-state index contributed by atoms with van der Waals surface area (Å²) in [7, 11) is 1.93. The van der Waals surface area contributed by atoms with Gasteiger partial charge < -0.3 is 19.1 Å². The van der Waals surface area contributed by atoms with Gasteiger partial charge in [-0.25, -0.2) is 4.98 Å². The third-order valence-electron chi connectivity index (χ3n) is 4.50. The molecule has 1 aromatic carbocycles. The average Bonchev–Trinajstić information content (AvgIpc) is 3.05. The molecule has 27 heavy (non-hydrogen) atoms. The van der Waals surface area contributed by atoms with E-state index in [0.29, 0.717) is 19.7 Å². The highest BCUT2D eigenvalue weighted by Gasteiger charge is 2.13. The first-order chi connectivity index (χ1) is 12.9. The number of pyridine rings is 1. The van der Waals surface area contributed by atoms with Crippen molar-refractivity contribution >= 4 is 11.6 Å². The fourth-order valence-corrected chi connectivity index (χ4v) is 3.04. The molecule has 0 fully saturated rings. The lowest BCUT2D eigenvalue weighted by Gasteiger charge is -2.19. The Bertz CT molecular complexity index is 918. The maximum atomic E-state index is 10.9. The van der Waals surface area contributed by atoms with Gasteiger partial charge in [0.1, 0.15) is 18.0 Å². The number of aliphatic carboxylic acids is 1. The van der Waals surface area contributed by atoms with Crippen LogP contribution < -0.4 is 4.74 Å². The molecule has 6 heteroatoms. The lowest BCUT2D eigenvalue weighted by atomic mass is 10.1. The minimum Gasteiger partial charge on any atom is -0.487 e. The fourth-order valence-electron chi connectivity index (χ4n) is 3.04. The first kappa shape index (κ1) is 18.9. The number of hydrogen-bond acceptors (Lipinski definition) is 4. The SMILES string of the molecule is Cc1cccn2cc(COc3ccc(CN(C)CC(C)C(=O)O)cc3)nc12. The van der Waals surface area contributed by atoms with E-state index < -0.39 is 5.97 Å². The van der Waals surface area contributed by atoms with Gasteiger partial charge in [0.15, 0.2) is 0 Å². The number of rotatable bonds is 8. The van der Waals surface area contributed by atoms with E-state index in [0.717, 1.165) is 28.2 Å². The molecular weight excluding hydrogens is 342 g/mol. The summed E-state index contributed by atoms with van der Waals surface area (Å²) >= 11 is 0. The van der Waals surface area contributed by atoms with Gasteiger partial charge in [-0.1, -0.05) is 25.1 Å². The van der Waals surface area contributed by atoms with E-state index in [9.17, 15) is 4.79 Å². The van der Waals surface area contributed by atoms with Crippen LogP contribution in [0.15, 0.2) is 48.8 Å². The summed E-state index contributed by atoms with van der Waals surface area (Å²) in [6, 6.07) is 11.9. The number of fused-ring (bicyclic) bond motifs is 1. The number of carboxylic acids is 1. The highest BCUT2D eigenvalue weighted by atomic mass is 16.5. The monoisotopic (exact) mass is 367 g/mol. The van der Waals surface area contributed by atoms with E-state index in [-0.39, 0.29) is 5.92 Å². The van der Waals surface area contributed by atoms with E-state index in [4.69, 9.17) is 9.84 Å². The summed E-state index contributed by atoms with van der Waals surface area (Å²) in [6.45, 7) is 5.39. The maximum absolute atomic E-state index is 10.9. The van der Waals surface area contributed by atoms with Crippen LogP contribution >= 0.6 is 0 Å². The number of hydrogen-bond donors (Lipinski definition) is 1. The van der Waals surface area contributed by atoms with Gasteiger partial charge in [-0.05, 0) is 43.3 Å². The average molecular weight is 367 g/mol. The van der Waals surface area contributed by atoms with E-state index in [1.54, 1.807) is 6.92 Å². The summed E-state index contributed by atoms with van der Waals surface area (Å²) in [6.07, 6.45) is 3.96. The zero-order valence-corrected chi connectivity index (χ0v) is 15.9. The molecule has 1 atom stereocenters. The molecular formula is C21H25N3O3. The first-order valence-electron chi connectivity index (χ1n) is 8.98. The second-order valence-corrected chi connectivity index (χ2v) is 7.02. The molecule has 0 spiro atoms. The standard InChI is InChI=1S/C21H25N3O3/c1-15-5-4-10-24-13-18(22-20(15)24)14-27-19-8-6-17(7-9-19)12-23(3)11-16(2)21(25)26/h4-10,13,16H,11-12,14H2,1-3H3,(H,25,26). The Morgan fingerprint density at radius 3 is 2.70 bits per heavy atom. The molecule has 2 heterocycles. The van der Waals surface area contributed by atoms with Gasteiger partial charge in [0, 0.05) is 25.5 Å². The molecule has 0 aliphatic carbocycles.